The van der Waals surface area contributed by atoms with Crippen molar-refractivity contribution in [3.05, 3.63) is 125 Å². The summed E-state index contributed by atoms with van der Waals surface area (Å²) in [4.78, 5) is 0.0627. The van der Waals surface area contributed by atoms with Crippen LogP contribution in [0.1, 0.15) is 27.8 Å². The molecule has 0 aromatic heterocycles. The topological polar surface area (TPSA) is 46.2 Å². The second-order valence-electron chi connectivity index (χ2n) is 8.33. The van der Waals surface area contributed by atoms with E-state index in [4.69, 9.17) is 0 Å². The number of hydrogen-bond donors (Lipinski definition) is 1. The largest absolute Gasteiger partial charge is 0.416 e. The molecule has 0 unspecified atom stereocenters. The van der Waals surface area contributed by atoms with Gasteiger partial charge < -0.3 is 0 Å². The molecule has 0 spiro atoms. The lowest BCUT2D eigenvalue weighted by atomic mass is 9.97. The zero-order valence-electron chi connectivity index (χ0n) is 18.6. The van der Waals surface area contributed by atoms with Gasteiger partial charge in [0.25, 0.3) is 10.0 Å². The number of halogens is 3. The maximum Gasteiger partial charge on any atom is 0.416 e. The van der Waals surface area contributed by atoms with Crippen molar-refractivity contribution >= 4 is 21.3 Å². The van der Waals surface area contributed by atoms with Gasteiger partial charge in [0, 0.05) is 5.57 Å². The summed E-state index contributed by atoms with van der Waals surface area (Å²) in [5, 5.41) is 0. The molecule has 0 amide bonds. The normalized spacial score (nSPS) is 12.7. The number of fused-ring (bicyclic) bond motifs is 3. The number of nitrogens with one attached hydrogen (secondary N) is 1. The van der Waals surface area contributed by atoms with Gasteiger partial charge in [-0.25, -0.2) is 8.42 Å². The zero-order chi connectivity index (χ0) is 24.8. The van der Waals surface area contributed by atoms with E-state index in [0.29, 0.717) is 11.1 Å². The lowest BCUT2D eigenvalue weighted by Gasteiger charge is -2.18. The van der Waals surface area contributed by atoms with Crippen molar-refractivity contribution in [2.45, 2.75) is 18.0 Å². The summed E-state index contributed by atoms with van der Waals surface area (Å²) in [5.41, 5.74) is 4.72. The van der Waals surface area contributed by atoms with E-state index in [1.165, 1.54) is 24.3 Å². The van der Waals surface area contributed by atoms with Crippen LogP contribution in [0.25, 0.3) is 22.4 Å². The first-order chi connectivity index (χ1) is 16.6. The number of rotatable bonds is 4. The van der Waals surface area contributed by atoms with Crippen LogP contribution in [0.3, 0.4) is 0 Å². The van der Waals surface area contributed by atoms with Crippen molar-refractivity contribution < 1.29 is 21.6 Å². The predicted octanol–water partition coefficient (Wildman–Crippen LogP) is 6.89. The van der Waals surface area contributed by atoms with Gasteiger partial charge in [-0.3, -0.25) is 4.72 Å². The van der Waals surface area contributed by atoms with Gasteiger partial charge in [0.2, 0.25) is 0 Å². The van der Waals surface area contributed by atoms with Gasteiger partial charge in [-0.15, -0.1) is 0 Å². The first-order valence-corrected chi connectivity index (χ1v) is 12.3. The lowest BCUT2D eigenvalue weighted by molar-refractivity contribution is -0.137. The third-order valence-electron chi connectivity index (χ3n) is 6.00. The molecular weight excluding hydrogens is 471 g/mol. The third-order valence-corrected chi connectivity index (χ3v) is 7.37. The van der Waals surface area contributed by atoms with E-state index in [9.17, 15) is 21.6 Å². The van der Waals surface area contributed by atoms with Crippen LogP contribution in [0, 0.1) is 6.92 Å². The Kier molecular flexibility index (Phi) is 5.52. The van der Waals surface area contributed by atoms with E-state index >= 15 is 0 Å². The molecule has 0 atom stereocenters. The number of alkyl halides is 3. The highest BCUT2D eigenvalue weighted by Crippen LogP contribution is 2.47. The molecule has 4 aromatic carbocycles. The van der Waals surface area contributed by atoms with E-state index in [1.54, 1.807) is 12.1 Å². The average Bonchev–Trinajstić information content (AvgIpc) is 3.17. The molecule has 0 fully saturated rings. The Hall–Kier alpha value is -3.84. The molecule has 0 radical (unpaired) electrons. The molecule has 5 rings (SSSR count). The summed E-state index contributed by atoms with van der Waals surface area (Å²) >= 11 is 0. The van der Waals surface area contributed by atoms with Crippen LogP contribution < -0.4 is 4.72 Å². The van der Waals surface area contributed by atoms with Gasteiger partial charge in [-0.1, -0.05) is 78.4 Å². The highest BCUT2D eigenvalue weighted by Gasteiger charge is 2.32. The first-order valence-electron chi connectivity index (χ1n) is 10.9. The SMILES string of the molecule is Cc1ccc(S(=O)(=O)NC(=C2c3ccccc3-c3ccccc32)c2ccc(C(F)(F)F)cc2)cc1. The van der Waals surface area contributed by atoms with Crippen LogP contribution in [0.2, 0.25) is 0 Å². The van der Waals surface area contributed by atoms with Crippen LogP contribution in [0.5, 0.6) is 0 Å². The maximum atomic E-state index is 13.4. The Morgan fingerprint density at radius 2 is 1.17 bits per heavy atom. The monoisotopic (exact) mass is 491 g/mol. The van der Waals surface area contributed by atoms with Crippen molar-refractivity contribution in [3.63, 3.8) is 0 Å². The van der Waals surface area contributed by atoms with Gasteiger partial charge in [-0.2, -0.15) is 13.2 Å². The highest BCUT2D eigenvalue weighted by atomic mass is 32.2. The predicted molar refractivity (Wildman–Crippen MR) is 131 cm³/mol. The minimum atomic E-state index is -4.50. The van der Waals surface area contributed by atoms with Gasteiger partial charge in [-0.05, 0) is 59.0 Å². The minimum Gasteiger partial charge on any atom is -0.278 e. The fourth-order valence-corrected chi connectivity index (χ4v) is 5.38. The lowest BCUT2D eigenvalue weighted by Crippen LogP contribution is -2.23. The molecule has 0 bridgehead atoms. The van der Waals surface area contributed by atoms with E-state index in [0.717, 1.165) is 39.9 Å². The summed E-state index contributed by atoms with van der Waals surface area (Å²) in [6.45, 7) is 1.85. The summed E-state index contributed by atoms with van der Waals surface area (Å²) in [7, 11) is -4.04. The van der Waals surface area contributed by atoms with E-state index in [-0.39, 0.29) is 10.6 Å². The summed E-state index contributed by atoms with van der Waals surface area (Å²) in [5.74, 6) is 0. The van der Waals surface area contributed by atoms with Crippen LogP contribution in [0.4, 0.5) is 13.2 Å². The molecule has 4 aromatic rings. The summed E-state index contributed by atoms with van der Waals surface area (Å²) in [6.07, 6.45) is -4.50. The maximum absolute atomic E-state index is 13.4. The Morgan fingerprint density at radius 3 is 1.66 bits per heavy atom. The fourth-order valence-electron chi connectivity index (χ4n) is 4.28. The Bertz CT molecular complexity index is 1510. The summed E-state index contributed by atoms with van der Waals surface area (Å²) in [6, 6.07) is 26.1. The van der Waals surface area contributed by atoms with Crippen molar-refractivity contribution in [3.8, 4) is 11.1 Å². The number of hydrogen-bond acceptors (Lipinski definition) is 2. The molecule has 0 aliphatic heterocycles. The molecule has 1 aliphatic rings. The molecule has 176 valence electrons. The van der Waals surface area contributed by atoms with Crippen molar-refractivity contribution in [2.24, 2.45) is 0 Å². The third kappa shape index (κ3) is 4.23. The molecule has 0 saturated carbocycles. The van der Waals surface area contributed by atoms with E-state index in [1.807, 2.05) is 55.5 Å². The molecule has 0 heterocycles. The van der Waals surface area contributed by atoms with Gasteiger partial charge >= 0.3 is 6.18 Å². The standard InChI is InChI=1S/C28H20F3NO2S/c1-18-10-16-21(17-11-18)35(33,34)32-27(19-12-14-20(15-13-19)28(29,30)31)26-24-8-4-2-6-22(24)23-7-3-5-9-25(23)26/h2-17,32H,1H3. The van der Waals surface area contributed by atoms with Gasteiger partial charge in [0.1, 0.15) is 0 Å². The first kappa shape index (κ1) is 22.9. The highest BCUT2D eigenvalue weighted by molar-refractivity contribution is 7.89. The van der Waals surface area contributed by atoms with Crippen molar-refractivity contribution in [2.75, 3.05) is 0 Å². The van der Waals surface area contributed by atoms with Gasteiger partial charge in [0.15, 0.2) is 0 Å². The Morgan fingerprint density at radius 1 is 0.686 bits per heavy atom. The van der Waals surface area contributed by atoms with Crippen LogP contribution in [0.15, 0.2) is 102 Å². The molecular formula is C28H20F3NO2S. The fraction of sp³-hybridized carbons (Fsp3) is 0.0714. The molecule has 7 heteroatoms. The van der Waals surface area contributed by atoms with Crippen LogP contribution >= 0.6 is 0 Å². The smallest absolute Gasteiger partial charge is 0.278 e. The zero-order valence-corrected chi connectivity index (χ0v) is 19.4. The Labute approximate surface area is 201 Å². The Balaban J connectivity index is 1.75. The number of sulfonamides is 1. The quantitative estimate of drug-likeness (QED) is 0.298. The van der Waals surface area contributed by atoms with Gasteiger partial charge in [0.05, 0.1) is 16.2 Å². The van der Waals surface area contributed by atoms with Crippen molar-refractivity contribution in [1.82, 2.24) is 4.72 Å². The molecule has 1 aliphatic carbocycles. The second kappa shape index (κ2) is 8.43. The number of benzene rings is 4. The van der Waals surface area contributed by atoms with E-state index < -0.39 is 21.8 Å². The molecule has 3 nitrogen and oxygen atoms in total. The summed E-state index contributed by atoms with van der Waals surface area (Å²) < 4.78 is 69.2. The molecule has 1 N–H and O–H groups in total. The van der Waals surface area contributed by atoms with Crippen LogP contribution in [-0.2, 0) is 16.2 Å². The second-order valence-corrected chi connectivity index (χ2v) is 10.0. The van der Waals surface area contributed by atoms with E-state index in [2.05, 4.69) is 4.72 Å². The van der Waals surface area contributed by atoms with Crippen LogP contribution in [-0.4, -0.2) is 8.42 Å². The average molecular weight is 492 g/mol. The van der Waals surface area contributed by atoms with Crippen molar-refractivity contribution in [1.29, 1.82) is 0 Å². The number of aryl methyl sites for hydroxylation is 1. The molecule has 35 heavy (non-hydrogen) atoms. The minimum absolute atomic E-state index is 0.0627. The molecule has 0 saturated heterocycles.